The highest BCUT2D eigenvalue weighted by atomic mass is 16.2. The van der Waals surface area contributed by atoms with Crippen molar-refractivity contribution in [1.29, 1.82) is 0 Å². The molecule has 0 aliphatic carbocycles. The van der Waals surface area contributed by atoms with E-state index in [9.17, 15) is 4.79 Å². The van der Waals surface area contributed by atoms with Gasteiger partial charge in [-0.3, -0.25) is 10.1 Å². The first-order chi connectivity index (χ1) is 8.86. The molecule has 1 rings (SSSR count). The fourth-order valence-electron chi connectivity index (χ4n) is 2.75. The van der Waals surface area contributed by atoms with Gasteiger partial charge in [0, 0.05) is 6.04 Å². The summed E-state index contributed by atoms with van der Waals surface area (Å²) in [6.45, 7) is 9.71. The molecule has 0 aromatic rings. The normalized spacial score (nSPS) is 25.7. The molecule has 1 aliphatic rings. The number of hydrogen-bond acceptors (Lipinski definition) is 3. The minimum absolute atomic E-state index is 0.0190. The van der Waals surface area contributed by atoms with E-state index in [0.717, 1.165) is 25.8 Å². The maximum atomic E-state index is 12.5. The molecule has 19 heavy (non-hydrogen) atoms. The lowest BCUT2D eigenvalue weighted by atomic mass is 10.1. The largest absolute Gasteiger partial charge is 0.323 e. The molecular weight excluding hydrogens is 238 g/mol. The predicted molar refractivity (Wildman–Crippen MR) is 79.9 cm³/mol. The van der Waals surface area contributed by atoms with Crippen LogP contribution in [0.5, 0.6) is 0 Å². The Balaban J connectivity index is 2.70. The van der Waals surface area contributed by atoms with Gasteiger partial charge in [0.2, 0.25) is 5.91 Å². The predicted octanol–water partition coefficient (Wildman–Crippen LogP) is 1.91. The summed E-state index contributed by atoms with van der Waals surface area (Å²) in [5.74, 6) is 0.892. The van der Waals surface area contributed by atoms with E-state index in [0.29, 0.717) is 17.9 Å². The lowest BCUT2D eigenvalue weighted by molar-refractivity contribution is -0.132. The van der Waals surface area contributed by atoms with Crippen molar-refractivity contribution in [1.82, 2.24) is 15.1 Å². The van der Waals surface area contributed by atoms with Gasteiger partial charge in [-0.1, -0.05) is 20.8 Å². The Morgan fingerprint density at radius 1 is 1.32 bits per heavy atom. The van der Waals surface area contributed by atoms with E-state index in [1.54, 1.807) is 0 Å². The lowest BCUT2D eigenvalue weighted by Crippen LogP contribution is -2.44. The second kappa shape index (κ2) is 7.25. The highest BCUT2D eigenvalue weighted by Gasteiger charge is 2.40. The van der Waals surface area contributed by atoms with Gasteiger partial charge < -0.3 is 9.80 Å². The van der Waals surface area contributed by atoms with Crippen molar-refractivity contribution in [3.05, 3.63) is 0 Å². The van der Waals surface area contributed by atoms with Gasteiger partial charge in [0.1, 0.15) is 0 Å². The van der Waals surface area contributed by atoms with E-state index in [1.165, 1.54) is 0 Å². The maximum absolute atomic E-state index is 12.5. The molecule has 112 valence electrons. The topological polar surface area (TPSA) is 35.6 Å². The number of nitrogens with zero attached hydrogens (tertiary/aromatic N) is 2. The van der Waals surface area contributed by atoms with Gasteiger partial charge in [0.15, 0.2) is 0 Å². The molecule has 1 amide bonds. The van der Waals surface area contributed by atoms with Crippen LogP contribution >= 0.6 is 0 Å². The molecule has 0 saturated carbocycles. The Labute approximate surface area is 118 Å². The number of hydrogen-bond donors (Lipinski definition) is 1. The van der Waals surface area contributed by atoms with Crippen LogP contribution < -0.4 is 5.32 Å². The summed E-state index contributed by atoms with van der Waals surface area (Å²) in [6.07, 6.45) is 3.17. The molecular formula is C15H31N3O. The van der Waals surface area contributed by atoms with E-state index in [2.05, 4.69) is 56.9 Å². The van der Waals surface area contributed by atoms with Crippen LogP contribution in [-0.4, -0.2) is 54.6 Å². The summed E-state index contributed by atoms with van der Waals surface area (Å²) in [5.41, 5.74) is 0. The van der Waals surface area contributed by atoms with Crippen molar-refractivity contribution >= 4 is 5.91 Å². The number of carbonyl (C=O) groups is 1. The zero-order valence-electron chi connectivity index (χ0n) is 13.4. The van der Waals surface area contributed by atoms with Crippen LogP contribution in [-0.2, 0) is 4.79 Å². The average molecular weight is 269 g/mol. The second-order valence-corrected chi connectivity index (χ2v) is 6.46. The zero-order chi connectivity index (χ0) is 14.6. The van der Waals surface area contributed by atoms with Gasteiger partial charge in [0.25, 0.3) is 0 Å². The first-order valence-corrected chi connectivity index (χ1v) is 7.59. The van der Waals surface area contributed by atoms with Gasteiger partial charge in [-0.15, -0.1) is 0 Å². The van der Waals surface area contributed by atoms with Crippen LogP contribution in [0.1, 0.15) is 47.0 Å². The van der Waals surface area contributed by atoms with Gasteiger partial charge in [-0.05, 0) is 52.7 Å². The number of rotatable bonds is 7. The van der Waals surface area contributed by atoms with Crippen molar-refractivity contribution in [2.24, 2.45) is 5.92 Å². The van der Waals surface area contributed by atoms with Crippen LogP contribution in [0.15, 0.2) is 0 Å². The molecule has 0 aromatic heterocycles. The van der Waals surface area contributed by atoms with Crippen molar-refractivity contribution in [3.8, 4) is 0 Å². The summed E-state index contributed by atoms with van der Waals surface area (Å²) in [4.78, 5) is 16.7. The molecule has 3 unspecified atom stereocenters. The molecule has 1 aliphatic heterocycles. The van der Waals surface area contributed by atoms with Crippen LogP contribution in [0.4, 0.5) is 0 Å². The quantitative estimate of drug-likeness (QED) is 0.767. The first-order valence-electron chi connectivity index (χ1n) is 7.59. The third-order valence-corrected chi connectivity index (χ3v) is 3.85. The Morgan fingerprint density at radius 2 is 1.95 bits per heavy atom. The Hall–Kier alpha value is -0.610. The highest BCUT2D eigenvalue weighted by molar-refractivity contribution is 5.84. The molecule has 4 nitrogen and oxygen atoms in total. The first kappa shape index (κ1) is 16.4. The molecule has 0 radical (unpaired) electrons. The highest BCUT2D eigenvalue weighted by Crippen LogP contribution is 2.23. The summed E-state index contributed by atoms with van der Waals surface area (Å²) in [7, 11) is 4.16. The standard InChI is InChI=1S/C15H31N3O/c1-7-13-15(19)18(12(4)8-9-17(5)6)14(16-13)10-11(2)3/h11-14,16H,7-10H2,1-6H3. The van der Waals surface area contributed by atoms with Crippen molar-refractivity contribution in [2.45, 2.75) is 65.2 Å². The smallest absolute Gasteiger partial charge is 0.241 e. The van der Waals surface area contributed by atoms with E-state index in [4.69, 9.17) is 0 Å². The minimum atomic E-state index is 0.0190. The summed E-state index contributed by atoms with van der Waals surface area (Å²) < 4.78 is 0. The monoisotopic (exact) mass is 269 g/mol. The molecule has 1 heterocycles. The van der Waals surface area contributed by atoms with E-state index < -0.39 is 0 Å². The third kappa shape index (κ3) is 4.46. The van der Waals surface area contributed by atoms with Crippen LogP contribution in [0.3, 0.4) is 0 Å². The summed E-state index contributed by atoms with van der Waals surface area (Å²) in [5, 5.41) is 3.50. The number of carbonyl (C=O) groups excluding carboxylic acids is 1. The Bertz CT molecular complexity index is 291. The molecule has 1 saturated heterocycles. The molecule has 1 N–H and O–H groups in total. The fraction of sp³-hybridized carbons (Fsp3) is 0.933. The van der Waals surface area contributed by atoms with Gasteiger partial charge >= 0.3 is 0 Å². The van der Waals surface area contributed by atoms with Crippen molar-refractivity contribution in [2.75, 3.05) is 20.6 Å². The molecule has 0 spiro atoms. The zero-order valence-corrected chi connectivity index (χ0v) is 13.4. The average Bonchev–Trinajstić information content (AvgIpc) is 2.61. The van der Waals surface area contributed by atoms with E-state index >= 15 is 0 Å². The Kier molecular flexibility index (Phi) is 6.27. The summed E-state index contributed by atoms with van der Waals surface area (Å²) >= 11 is 0. The molecule has 1 fully saturated rings. The van der Waals surface area contributed by atoms with Crippen molar-refractivity contribution < 1.29 is 4.79 Å². The van der Waals surface area contributed by atoms with Crippen molar-refractivity contribution in [3.63, 3.8) is 0 Å². The lowest BCUT2D eigenvalue weighted by Gasteiger charge is -2.32. The van der Waals surface area contributed by atoms with Crippen LogP contribution in [0.2, 0.25) is 0 Å². The Morgan fingerprint density at radius 3 is 2.42 bits per heavy atom. The SMILES string of the molecule is CCC1NC(CC(C)C)N(C(C)CCN(C)C)C1=O. The fourth-order valence-corrected chi connectivity index (χ4v) is 2.75. The molecule has 3 atom stereocenters. The van der Waals surface area contributed by atoms with E-state index in [1.807, 2.05) is 0 Å². The van der Waals surface area contributed by atoms with Crippen LogP contribution in [0, 0.1) is 5.92 Å². The molecule has 0 bridgehead atoms. The number of amides is 1. The molecule has 4 heteroatoms. The summed E-state index contributed by atoms with van der Waals surface area (Å²) in [6, 6.07) is 0.327. The van der Waals surface area contributed by atoms with E-state index in [-0.39, 0.29) is 12.2 Å². The van der Waals surface area contributed by atoms with Gasteiger partial charge in [-0.25, -0.2) is 0 Å². The third-order valence-electron chi connectivity index (χ3n) is 3.85. The minimum Gasteiger partial charge on any atom is -0.323 e. The van der Waals surface area contributed by atoms with Gasteiger partial charge in [-0.2, -0.15) is 0 Å². The maximum Gasteiger partial charge on any atom is 0.241 e. The van der Waals surface area contributed by atoms with Gasteiger partial charge in [0.05, 0.1) is 12.2 Å². The number of nitrogens with one attached hydrogen (secondary N) is 1. The molecule has 0 aromatic carbocycles. The van der Waals surface area contributed by atoms with Crippen LogP contribution in [0.25, 0.3) is 0 Å². The second-order valence-electron chi connectivity index (χ2n) is 6.46.